The zero-order valence-electron chi connectivity index (χ0n) is 12.6. The van der Waals surface area contributed by atoms with Gasteiger partial charge in [-0.25, -0.2) is 4.79 Å². The van der Waals surface area contributed by atoms with Crippen molar-refractivity contribution in [1.29, 1.82) is 0 Å². The predicted octanol–water partition coefficient (Wildman–Crippen LogP) is 0.285. The highest BCUT2D eigenvalue weighted by atomic mass is 16.5. The minimum absolute atomic E-state index is 0.00872. The first kappa shape index (κ1) is 14.7. The lowest BCUT2D eigenvalue weighted by molar-refractivity contribution is -1.01. The van der Waals surface area contributed by atoms with Crippen molar-refractivity contribution in [3.8, 4) is 0 Å². The molecule has 0 aliphatic carbocycles. The number of rotatable bonds is 5. The summed E-state index contributed by atoms with van der Waals surface area (Å²) in [6, 6.07) is 9.48. The molecule has 22 heavy (non-hydrogen) atoms. The van der Waals surface area contributed by atoms with E-state index in [9.17, 15) is 9.59 Å². The highest BCUT2D eigenvalue weighted by molar-refractivity contribution is 5.85. The van der Waals surface area contributed by atoms with Crippen LogP contribution in [-0.2, 0) is 20.9 Å². The van der Waals surface area contributed by atoms with Gasteiger partial charge in [-0.1, -0.05) is 35.4 Å². The van der Waals surface area contributed by atoms with Crippen molar-refractivity contribution in [1.82, 2.24) is 10.6 Å². The van der Waals surface area contributed by atoms with E-state index >= 15 is 0 Å². The molecule has 3 fully saturated rings. The second-order valence-corrected chi connectivity index (χ2v) is 5.72. The summed E-state index contributed by atoms with van der Waals surface area (Å²) in [5.74, 6) is -0.507. The number of ether oxygens (including phenoxy) is 1. The van der Waals surface area contributed by atoms with Gasteiger partial charge >= 0.3 is 11.9 Å². The number of nitrogens with zero attached hydrogens (tertiary/aromatic N) is 2. The molecular weight excluding hydrogens is 284 g/mol. The average Bonchev–Trinajstić information content (AvgIpc) is 2.99. The van der Waals surface area contributed by atoms with E-state index in [1.165, 1.54) is 0 Å². The number of nitrogens with one attached hydrogen (secondary N) is 2. The van der Waals surface area contributed by atoms with E-state index in [4.69, 9.17) is 4.74 Å². The molecule has 3 saturated heterocycles. The van der Waals surface area contributed by atoms with Crippen LogP contribution in [0.3, 0.4) is 0 Å². The number of fused-ring (bicyclic) bond motifs is 1. The Labute approximate surface area is 128 Å². The van der Waals surface area contributed by atoms with Crippen LogP contribution in [0.5, 0.6) is 0 Å². The lowest BCUT2D eigenvalue weighted by atomic mass is 10.2. The van der Waals surface area contributed by atoms with Crippen LogP contribution in [0.1, 0.15) is 19.4 Å². The van der Waals surface area contributed by atoms with Crippen molar-refractivity contribution in [3.05, 3.63) is 35.9 Å². The molecule has 0 radical (unpaired) electrons. The van der Waals surface area contributed by atoms with E-state index in [-0.39, 0.29) is 35.9 Å². The van der Waals surface area contributed by atoms with E-state index in [2.05, 4.69) is 15.7 Å². The SMILES string of the molecule is CC(C)=N[N+]1(CC(=O)OCc2ccccc2)C2NC(=O)C1N2. The van der Waals surface area contributed by atoms with Gasteiger partial charge in [-0.15, -0.1) is 4.59 Å². The molecule has 0 spiro atoms. The van der Waals surface area contributed by atoms with Gasteiger partial charge in [-0.2, -0.15) is 5.32 Å². The second-order valence-electron chi connectivity index (χ2n) is 5.72. The second kappa shape index (κ2) is 5.51. The average molecular weight is 303 g/mol. The Morgan fingerprint density at radius 3 is 2.59 bits per heavy atom. The van der Waals surface area contributed by atoms with Gasteiger partial charge in [-0.05, 0) is 19.4 Å². The zero-order valence-corrected chi connectivity index (χ0v) is 12.6. The van der Waals surface area contributed by atoms with E-state index in [1.54, 1.807) is 0 Å². The van der Waals surface area contributed by atoms with Crippen LogP contribution in [0.15, 0.2) is 35.4 Å². The van der Waals surface area contributed by atoms with Gasteiger partial charge < -0.3 is 4.74 Å². The fourth-order valence-electron chi connectivity index (χ4n) is 2.82. The quantitative estimate of drug-likeness (QED) is 0.465. The largest absolute Gasteiger partial charge is 0.457 e. The molecule has 3 aliphatic heterocycles. The van der Waals surface area contributed by atoms with Crippen LogP contribution in [0.4, 0.5) is 0 Å². The van der Waals surface area contributed by atoms with Crippen molar-refractivity contribution in [2.75, 3.05) is 6.54 Å². The molecule has 4 rings (SSSR count). The van der Waals surface area contributed by atoms with E-state index in [0.29, 0.717) is 0 Å². The maximum absolute atomic E-state index is 12.2. The molecule has 3 heterocycles. The Morgan fingerprint density at radius 1 is 1.32 bits per heavy atom. The zero-order chi connectivity index (χ0) is 15.7. The molecule has 2 N–H and O–H groups in total. The number of carbonyl (C=O) groups is 2. The van der Waals surface area contributed by atoms with Gasteiger partial charge in [0, 0.05) is 0 Å². The Bertz CT molecular complexity index is 627. The number of amides is 1. The van der Waals surface area contributed by atoms with E-state index in [1.807, 2.05) is 44.2 Å². The first-order valence-corrected chi connectivity index (χ1v) is 7.18. The Hall–Kier alpha value is -2.25. The van der Waals surface area contributed by atoms with Gasteiger partial charge in [0.25, 0.3) is 12.5 Å². The van der Waals surface area contributed by atoms with Crippen molar-refractivity contribution in [3.63, 3.8) is 0 Å². The number of quaternary nitrogens is 1. The minimum atomic E-state index is -0.510. The highest BCUT2D eigenvalue weighted by Crippen LogP contribution is 2.32. The molecular formula is C15H19N4O3+. The number of hydrogen-bond donors (Lipinski definition) is 2. The predicted molar refractivity (Wildman–Crippen MR) is 79.0 cm³/mol. The molecule has 2 bridgehead atoms. The van der Waals surface area contributed by atoms with Crippen molar-refractivity contribution in [2.45, 2.75) is 32.9 Å². The number of carbonyl (C=O) groups excluding carboxylic acids is 2. The van der Waals surface area contributed by atoms with Crippen LogP contribution >= 0.6 is 0 Å². The van der Waals surface area contributed by atoms with Crippen LogP contribution in [-0.4, -0.2) is 41.2 Å². The Balaban J connectivity index is 1.66. The minimum Gasteiger partial charge on any atom is -0.457 e. The maximum atomic E-state index is 12.2. The van der Waals surface area contributed by atoms with Crippen LogP contribution < -0.4 is 10.6 Å². The molecule has 116 valence electrons. The summed E-state index contributed by atoms with van der Waals surface area (Å²) >= 11 is 0. The van der Waals surface area contributed by atoms with Crippen molar-refractivity contribution < 1.29 is 18.9 Å². The summed E-state index contributed by atoms with van der Waals surface area (Å²) in [6.07, 6.45) is -0.860. The van der Waals surface area contributed by atoms with Crippen LogP contribution in [0.2, 0.25) is 0 Å². The molecule has 0 aromatic heterocycles. The highest BCUT2D eigenvalue weighted by Gasteiger charge is 2.68. The van der Waals surface area contributed by atoms with Crippen LogP contribution in [0, 0.1) is 0 Å². The number of hydrogen-bond acceptors (Lipinski definition) is 5. The fourth-order valence-corrected chi connectivity index (χ4v) is 2.82. The van der Waals surface area contributed by atoms with Gasteiger partial charge in [0.05, 0.1) is 5.71 Å². The monoisotopic (exact) mass is 303 g/mol. The van der Waals surface area contributed by atoms with Crippen LogP contribution in [0.25, 0.3) is 0 Å². The molecule has 7 heteroatoms. The molecule has 3 aliphatic rings. The Kier molecular flexibility index (Phi) is 3.67. The molecule has 1 aromatic carbocycles. The van der Waals surface area contributed by atoms with Gasteiger partial charge in [0.1, 0.15) is 6.61 Å². The molecule has 7 nitrogen and oxygen atoms in total. The standard InChI is InChI=1S/C15H18N4O3/c1-10(2)18-19(13-14(21)17-15(19)16-13)8-12(20)22-9-11-6-4-3-5-7-11/h3-7,13,15-16H,8-9H2,1-2H3/p+1. The first-order chi connectivity index (χ1) is 10.5. The Morgan fingerprint density at radius 2 is 2.05 bits per heavy atom. The van der Waals surface area contributed by atoms with E-state index in [0.717, 1.165) is 11.3 Å². The third-order valence-electron chi connectivity index (χ3n) is 3.75. The van der Waals surface area contributed by atoms with Gasteiger partial charge in [0.2, 0.25) is 6.54 Å². The van der Waals surface area contributed by atoms with Gasteiger partial charge in [-0.3, -0.25) is 10.1 Å². The lowest BCUT2D eigenvalue weighted by Crippen LogP contribution is -2.77. The van der Waals surface area contributed by atoms with Gasteiger partial charge in [0.15, 0.2) is 0 Å². The maximum Gasteiger partial charge on any atom is 0.364 e. The topological polar surface area (TPSA) is 79.8 Å². The van der Waals surface area contributed by atoms with Crippen molar-refractivity contribution in [2.24, 2.45) is 5.10 Å². The third kappa shape index (κ3) is 2.49. The molecule has 3 unspecified atom stereocenters. The summed E-state index contributed by atoms with van der Waals surface area (Å²) < 4.78 is 5.32. The third-order valence-corrected chi connectivity index (χ3v) is 3.75. The van der Waals surface area contributed by atoms with E-state index < -0.39 is 6.17 Å². The summed E-state index contributed by atoms with van der Waals surface area (Å²) in [4.78, 5) is 23.9. The first-order valence-electron chi connectivity index (χ1n) is 7.18. The number of benzene rings is 1. The smallest absolute Gasteiger partial charge is 0.364 e. The summed E-state index contributed by atoms with van der Waals surface area (Å²) in [6.45, 7) is 3.94. The summed E-state index contributed by atoms with van der Waals surface area (Å²) in [5.41, 5.74) is 1.74. The fraction of sp³-hybridized carbons (Fsp3) is 0.400. The summed E-state index contributed by atoms with van der Waals surface area (Å²) in [5, 5.41) is 10.3. The molecule has 3 atom stereocenters. The molecule has 1 amide bonds. The summed E-state index contributed by atoms with van der Waals surface area (Å²) in [7, 11) is 0. The molecule has 1 aromatic rings. The molecule has 0 saturated carbocycles. The lowest BCUT2D eigenvalue weighted by Gasteiger charge is -2.43. The number of esters is 1. The van der Waals surface area contributed by atoms with Crippen molar-refractivity contribution >= 4 is 17.6 Å². The normalized spacial score (nSPS) is 28.5.